The van der Waals surface area contributed by atoms with Gasteiger partial charge < -0.3 is 4.74 Å². The highest BCUT2D eigenvalue weighted by atomic mass is 16.5. The first-order valence-corrected chi connectivity index (χ1v) is 5.48. The van der Waals surface area contributed by atoms with E-state index in [1.807, 2.05) is 32.1 Å². The highest BCUT2D eigenvalue weighted by Gasteiger charge is 2.10. The third-order valence-corrected chi connectivity index (χ3v) is 2.29. The Balaban J connectivity index is 3.16. The molecule has 0 aliphatic rings. The molecule has 0 radical (unpaired) electrons. The Labute approximate surface area is 92.8 Å². The molecule has 0 spiro atoms. The zero-order valence-electron chi connectivity index (χ0n) is 10.1. The van der Waals surface area contributed by atoms with Gasteiger partial charge in [-0.2, -0.15) is 0 Å². The normalized spacial score (nSPS) is 10.8. The van der Waals surface area contributed by atoms with Gasteiger partial charge in [-0.25, -0.2) is 0 Å². The number of benzene rings is 1. The highest BCUT2D eigenvalue weighted by molar-refractivity contribution is 5.60. The minimum absolute atomic E-state index is 0.200. The average Bonchev–Trinajstić information content (AvgIpc) is 2.16. The van der Waals surface area contributed by atoms with Crippen LogP contribution < -0.4 is 4.74 Å². The van der Waals surface area contributed by atoms with Crippen LogP contribution in [0, 0.1) is 0 Å². The van der Waals surface area contributed by atoms with Crippen LogP contribution in [0.1, 0.15) is 44.7 Å². The van der Waals surface area contributed by atoms with E-state index < -0.39 is 0 Å². The Morgan fingerprint density at radius 3 is 2.33 bits per heavy atom. The summed E-state index contributed by atoms with van der Waals surface area (Å²) in [6.45, 7) is 12.3. The quantitative estimate of drug-likeness (QED) is 0.712. The topological polar surface area (TPSA) is 9.23 Å². The Bertz CT molecular complexity index is 337. The zero-order valence-corrected chi connectivity index (χ0v) is 10.1. The van der Waals surface area contributed by atoms with Crippen LogP contribution in [-0.2, 0) is 0 Å². The van der Waals surface area contributed by atoms with Crippen LogP contribution in [0.15, 0.2) is 24.8 Å². The minimum Gasteiger partial charge on any atom is -0.490 e. The van der Waals surface area contributed by atoms with Crippen molar-refractivity contribution in [1.29, 1.82) is 0 Å². The van der Waals surface area contributed by atoms with E-state index >= 15 is 0 Å². The maximum atomic E-state index is 5.76. The largest absolute Gasteiger partial charge is 0.490 e. The Morgan fingerprint density at radius 2 is 1.87 bits per heavy atom. The standard InChI is InChI=1S/C14H20O/c1-6-12-13(10(2)3)8-7-9-14(12)15-11(4)5/h6-11H,1H2,2-5H3. The van der Waals surface area contributed by atoms with Crippen LogP contribution in [0.4, 0.5) is 0 Å². The predicted molar refractivity (Wildman–Crippen MR) is 66.4 cm³/mol. The number of hydrogen-bond donors (Lipinski definition) is 0. The smallest absolute Gasteiger partial charge is 0.127 e. The molecule has 0 aliphatic carbocycles. The van der Waals surface area contributed by atoms with Crippen molar-refractivity contribution < 1.29 is 4.74 Å². The maximum absolute atomic E-state index is 5.76. The molecule has 0 amide bonds. The molecule has 1 nitrogen and oxygen atoms in total. The van der Waals surface area contributed by atoms with Gasteiger partial charge in [0.1, 0.15) is 5.75 Å². The summed E-state index contributed by atoms with van der Waals surface area (Å²) >= 11 is 0. The van der Waals surface area contributed by atoms with Crippen molar-refractivity contribution in [3.63, 3.8) is 0 Å². The second-order valence-electron chi connectivity index (χ2n) is 4.28. The van der Waals surface area contributed by atoms with E-state index in [4.69, 9.17) is 4.74 Å². The van der Waals surface area contributed by atoms with Gasteiger partial charge in [-0.05, 0) is 31.4 Å². The summed E-state index contributed by atoms with van der Waals surface area (Å²) in [6.07, 6.45) is 2.08. The molecular formula is C14H20O. The van der Waals surface area contributed by atoms with Crippen molar-refractivity contribution in [2.75, 3.05) is 0 Å². The molecule has 82 valence electrons. The van der Waals surface area contributed by atoms with Crippen LogP contribution in [-0.4, -0.2) is 6.10 Å². The molecule has 0 aromatic heterocycles. The van der Waals surface area contributed by atoms with Gasteiger partial charge in [-0.1, -0.05) is 38.6 Å². The highest BCUT2D eigenvalue weighted by Crippen LogP contribution is 2.29. The summed E-state index contributed by atoms with van der Waals surface area (Å²) in [5.74, 6) is 1.43. The summed E-state index contributed by atoms with van der Waals surface area (Å²) < 4.78 is 5.76. The number of rotatable bonds is 4. The molecule has 0 N–H and O–H groups in total. The first-order valence-electron chi connectivity index (χ1n) is 5.48. The molecule has 0 unspecified atom stereocenters. The van der Waals surface area contributed by atoms with Gasteiger partial charge in [0.25, 0.3) is 0 Å². The third-order valence-electron chi connectivity index (χ3n) is 2.29. The molecule has 0 saturated carbocycles. The second kappa shape index (κ2) is 5.01. The Hall–Kier alpha value is -1.24. The molecule has 0 atom stereocenters. The SMILES string of the molecule is C=Cc1c(OC(C)C)cccc1C(C)C. The summed E-state index contributed by atoms with van der Waals surface area (Å²) in [4.78, 5) is 0. The number of ether oxygens (including phenoxy) is 1. The summed E-state index contributed by atoms with van der Waals surface area (Å²) in [7, 11) is 0. The third kappa shape index (κ3) is 2.85. The lowest BCUT2D eigenvalue weighted by Gasteiger charge is -2.17. The minimum atomic E-state index is 0.200. The molecule has 0 heterocycles. The van der Waals surface area contributed by atoms with E-state index in [-0.39, 0.29) is 6.10 Å². The van der Waals surface area contributed by atoms with Crippen molar-refractivity contribution in [2.24, 2.45) is 0 Å². The summed E-state index contributed by atoms with van der Waals surface area (Å²) in [5.41, 5.74) is 2.42. The van der Waals surface area contributed by atoms with Gasteiger partial charge in [-0.15, -0.1) is 0 Å². The van der Waals surface area contributed by atoms with Crippen LogP contribution in [0.5, 0.6) is 5.75 Å². The van der Waals surface area contributed by atoms with Gasteiger partial charge >= 0.3 is 0 Å². The summed E-state index contributed by atoms with van der Waals surface area (Å²) in [6, 6.07) is 6.18. The molecule has 0 bridgehead atoms. The summed E-state index contributed by atoms with van der Waals surface area (Å²) in [5, 5.41) is 0. The maximum Gasteiger partial charge on any atom is 0.127 e. The van der Waals surface area contributed by atoms with Crippen molar-refractivity contribution in [3.8, 4) is 5.75 Å². The second-order valence-corrected chi connectivity index (χ2v) is 4.28. The molecular weight excluding hydrogens is 184 g/mol. The number of hydrogen-bond acceptors (Lipinski definition) is 1. The fourth-order valence-corrected chi connectivity index (χ4v) is 1.64. The first kappa shape index (κ1) is 11.8. The van der Waals surface area contributed by atoms with Gasteiger partial charge in [0.2, 0.25) is 0 Å². The Morgan fingerprint density at radius 1 is 1.20 bits per heavy atom. The lowest BCUT2D eigenvalue weighted by molar-refractivity contribution is 0.241. The molecule has 1 aromatic rings. The van der Waals surface area contributed by atoms with Crippen molar-refractivity contribution >= 4 is 6.08 Å². The predicted octanol–water partition coefficient (Wildman–Crippen LogP) is 4.24. The van der Waals surface area contributed by atoms with E-state index in [1.54, 1.807) is 0 Å². The van der Waals surface area contributed by atoms with Crippen LogP contribution in [0.25, 0.3) is 6.08 Å². The van der Waals surface area contributed by atoms with E-state index in [9.17, 15) is 0 Å². The van der Waals surface area contributed by atoms with Crippen LogP contribution in [0.3, 0.4) is 0 Å². The van der Waals surface area contributed by atoms with Gasteiger partial charge in [0.15, 0.2) is 0 Å². The van der Waals surface area contributed by atoms with E-state index in [2.05, 4.69) is 26.5 Å². The van der Waals surface area contributed by atoms with Crippen molar-refractivity contribution in [3.05, 3.63) is 35.9 Å². The lowest BCUT2D eigenvalue weighted by atomic mass is 9.96. The van der Waals surface area contributed by atoms with Gasteiger partial charge in [0.05, 0.1) is 6.10 Å². The molecule has 1 heteroatoms. The molecule has 0 aliphatic heterocycles. The van der Waals surface area contributed by atoms with E-state index in [0.717, 1.165) is 11.3 Å². The molecule has 1 aromatic carbocycles. The van der Waals surface area contributed by atoms with Crippen molar-refractivity contribution in [2.45, 2.75) is 39.7 Å². The van der Waals surface area contributed by atoms with Crippen molar-refractivity contribution in [1.82, 2.24) is 0 Å². The molecule has 0 fully saturated rings. The van der Waals surface area contributed by atoms with Gasteiger partial charge in [0, 0.05) is 5.56 Å². The fourth-order valence-electron chi connectivity index (χ4n) is 1.64. The fraction of sp³-hybridized carbons (Fsp3) is 0.429. The van der Waals surface area contributed by atoms with Gasteiger partial charge in [-0.3, -0.25) is 0 Å². The monoisotopic (exact) mass is 204 g/mol. The average molecular weight is 204 g/mol. The molecule has 0 saturated heterocycles. The van der Waals surface area contributed by atoms with E-state index in [1.165, 1.54) is 5.56 Å². The zero-order chi connectivity index (χ0) is 11.4. The van der Waals surface area contributed by atoms with Crippen LogP contribution in [0.2, 0.25) is 0 Å². The van der Waals surface area contributed by atoms with Crippen LogP contribution >= 0.6 is 0 Å². The Kier molecular flexibility index (Phi) is 3.96. The first-order chi connectivity index (χ1) is 7.06. The van der Waals surface area contributed by atoms with E-state index in [0.29, 0.717) is 5.92 Å². The molecule has 1 rings (SSSR count). The molecule has 15 heavy (non-hydrogen) atoms. The lowest BCUT2D eigenvalue weighted by Crippen LogP contribution is -2.07.